The van der Waals surface area contributed by atoms with Crippen molar-refractivity contribution >= 4 is 21.8 Å². The van der Waals surface area contributed by atoms with E-state index in [0.29, 0.717) is 49.7 Å². The number of aryl methyl sites for hydroxylation is 1. The molecule has 9 nitrogen and oxygen atoms in total. The minimum absolute atomic E-state index is 0.0568. The molecule has 0 aromatic carbocycles. The highest BCUT2D eigenvalue weighted by Crippen LogP contribution is 2.30. The highest BCUT2D eigenvalue weighted by Gasteiger charge is 2.32. The van der Waals surface area contributed by atoms with Crippen LogP contribution in [0.4, 0.5) is 0 Å². The van der Waals surface area contributed by atoms with E-state index in [9.17, 15) is 18.3 Å². The Balaban J connectivity index is 1.39. The number of imidazole rings is 1. The molecule has 1 aromatic rings. The zero-order chi connectivity index (χ0) is 19.9. The number of carbonyl (C=O) groups excluding carboxylic acids is 1. The number of hydrogen-bond donors (Lipinski definition) is 1. The third-order valence-electron chi connectivity index (χ3n) is 5.47. The van der Waals surface area contributed by atoms with Crippen molar-refractivity contribution in [3.63, 3.8) is 0 Å². The van der Waals surface area contributed by atoms with Crippen molar-refractivity contribution in [2.75, 3.05) is 25.4 Å². The maximum absolute atomic E-state index is 12.9. The van der Waals surface area contributed by atoms with Gasteiger partial charge < -0.3 is 19.5 Å². The summed E-state index contributed by atoms with van der Waals surface area (Å²) < 4.78 is 28.7. The van der Waals surface area contributed by atoms with Crippen molar-refractivity contribution < 1.29 is 18.3 Å². The van der Waals surface area contributed by atoms with Crippen LogP contribution in [0.1, 0.15) is 24.8 Å². The third kappa shape index (κ3) is 3.61. The number of piperidine rings is 1. The molecule has 1 atom stereocenters. The molecule has 28 heavy (non-hydrogen) atoms. The number of nitrogens with zero attached hydrogens (tertiary/aromatic N) is 5. The third-order valence-corrected chi connectivity index (χ3v) is 6.63. The summed E-state index contributed by atoms with van der Waals surface area (Å²) in [6, 6.07) is 0. The minimum atomic E-state index is -3.41. The van der Waals surface area contributed by atoms with Gasteiger partial charge in [-0.25, -0.2) is 13.4 Å². The molecular weight excluding hydrogens is 382 g/mol. The molecule has 3 aliphatic heterocycles. The standard InChI is InChI=1S/C18H23N5O4S/c1-21-9-6-19-17(21)16(24)13-4-7-22(8-5-13)18(25)14-2-3-15-20-28(26,27)11-10-23(15)12-14/h2-3,6,9,12-13,16,24H,4-5,7-8,10-11H2,1H3. The summed E-state index contributed by atoms with van der Waals surface area (Å²) in [7, 11) is -1.55. The van der Waals surface area contributed by atoms with Gasteiger partial charge in [0.1, 0.15) is 17.8 Å². The minimum Gasteiger partial charge on any atom is -0.385 e. The van der Waals surface area contributed by atoms with Gasteiger partial charge in [-0.15, -0.1) is 4.40 Å². The second kappa shape index (κ2) is 7.17. The lowest BCUT2D eigenvalue weighted by Crippen LogP contribution is -2.42. The summed E-state index contributed by atoms with van der Waals surface area (Å²) in [5, 5.41) is 10.6. The van der Waals surface area contributed by atoms with Gasteiger partial charge in [-0.3, -0.25) is 4.79 Å². The zero-order valence-corrected chi connectivity index (χ0v) is 16.4. The predicted octanol–water partition coefficient (Wildman–Crippen LogP) is 0.190. The largest absolute Gasteiger partial charge is 0.385 e. The van der Waals surface area contributed by atoms with Crippen molar-refractivity contribution in [1.82, 2.24) is 19.4 Å². The molecular formula is C18H23N5O4S. The first-order chi connectivity index (χ1) is 13.3. The fourth-order valence-electron chi connectivity index (χ4n) is 3.80. The topological polar surface area (TPSA) is 108 Å². The molecule has 1 saturated heterocycles. The van der Waals surface area contributed by atoms with Crippen LogP contribution in [0.5, 0.6) is 0 Å². The quantitative estimate of drug-likeness (QED) is 0.769. The van der Waals surface area contributed by atoms with Crippen molar-refractivity contribution in [2.24, 2.45) is 17.4 Å². The van der Waals surface area contributed by atoms with E-state index in [1.54, 1.807) is 34.3 Å². The van der Waals surface area contributed by atoms with Crippen LogP contribution in [0, 0.1) is 5.92 Å². The van der Waals surface area contributed by atoms with Crippen LogP contribution in [0.2, 0.25) is 0 Å². The molecule has 150 valence electrons. The zero-order valence-electron chi connectivity index (χ0n) is 15.6. The Morgan fingerprint density at radius 3 is 2.68 bits per heavy atom. The lowest BCUT2D eigenvalue weighted by Gasteiger charge is -2.35. The van der Waals surface area contributed by atoms with Crippen LogP contribution >= 0.6 is 0 Å². The van der Waals surface area contributed by atoms with Gasteiger partial charge in [-0.1, -0.05) is 0 Å². The fourth-order valence-corrected chi connectivity index (χ4v) is 4.77. The normalized spacial score (nSPS) is 23.1. The second-order valence-corrected chi connectivity index (χ2v) is 9.07. The van der Waals surface area contributed by atoms with Crippen LogP contribution < -0.4 is 0 Å². The van der Waals surface area contributed by atoms with Crippen molar-refractivity contribution in [3.05, 3.63) is 42.1 Å². The number of aliphatic hydroxyl groups is 1. The molecule has 0 bridgehead atoms. The Morgan fingerprint density at radius 1 is 1.25 bits per heavy atom. The lowest BCUT2D eigenvalue weighted by atomic mass is 9.90. The second-order valence-electron chi connectivity index (χ2n) is 7.32. The molecule has 1 unspecified atom stereocenters. The van der Waals surface area contributed by atoms with Crippen LogP contribution in [-0.4, -0.2) is 70.0 Å². The van der Waals surface area contributed by atoms with E-state index in [2.05, 4.69) is 9.38 Å². The molecule has 0 aliphatic carbocycles. The summed E-state index contributed by atoms with van der Waals surface area (Å²) in [6.45, 7) is 1.41. The number of rotatable bonds is 3. The van der Waals surface area contributed by atoms with Crippen LogP contribution in [0.25, 0.3) is 0 Å². The molecule has 3 aliphatic rings. The number of aromatic nitrogens is 2. The summed E-state index contributed by atoms with van der Waals surface area (Å²) in [5.41, 5.74) is 0.515. The first-order valence-corrected chi connectivity index (χ1v) is 10.9. The van der Waals surface area contributed by atoms with Gasteiger partial charge in [0.25, 0.3) is 15.9 Å². The van der Waals surface area contributed by atoms with Gasteiger partial charge in [0.15, 0.2) is 0 Å². The summed E-state index contributed by atoms with van der Waals surface area (Å²) in [5.74, 6) is 0.911. The molecule has 0 saturated carbocycles. The highest BCUT2D eigenvalue weighted by atomic mass is 32.2. The van der Waals surface area contributed by atoms with Gasteiger partial charge in [0, 0.05) is 45.3 Å². The first-order valence-electron chi connectivity index (χ1n) is 9.28. The number of aliphatic hydroxyl groups excluding tert-OH is 1. The number of amidine groups is 1. The van der Waals surface area contributed by atoms with E-state index in [1.165, 1.54) is 0 Å². The number of sulfonamides is 1. The number of amides is 1. The molecule has 0 radical (unpaired) electrons. The van der Waals surface area contributed by atoms with E-state index in [4.69, 9.17) is 0 Å². The number of likely N-dealkylation sites (tertiary alicyclic amines) is 1. The lowest BCUT2D eigenvalue weighted by molar-refractivity contribution is -0.128. The average Bonchev–Trinajstić information content (AvgIpc) is 3.12. The fraction of sp³-hybridized carbons (Fsp3) is 0.500. The van der Waals surface area contributed by atoms with E-state index in [0.717, 1.165) is 0 Å². The Hall–Kier alpha value is -2.46. The summed E-state index contributed by atoms with van der Waals surface area (Å²) >= 11 is 0. The molecule has 1 amide bonds. The van der Waals surface area contributed by atoms with E-state index in [1.807, 2.05) is 17.8 Å². The molecule has 0 spiro atoms. The first kappa shape index (κ1) is 18.9. The summed E-state index contributed by atoms with van der Waals surface area (Å²) in [6.07, 6.45) is 9.10. The average molecular weight is 405 g/mol. The van der Waals surface area contributed by atoms with E-state index < -0.39 is 16.1 Å². The molecule has 1 fully saturated rings. The van der Waals surface area contributed by atoms with Crippen molar-refractivity contribution in [2.45, 2.75) is 18.9 Å². The monoisotopic (exact) mass is 405 g/mol. The van der Waals surface area contributed by atoms with Crippen molar-refractivity contribution in [3.8, 4) is 0 Å². The molecule has 4 heterocycles. The predicted molar refractivity (Wildman–Crippen MR) is 103 cm³/mol. The number of fused-ring (bicyclic) bond motifs is 1. The van der Waals surface area contributed by atoms with E-state index >= 15 is 0 Å². The highest BCUT2D eigenvalue weighted by molar-refractivity contribution is 7.90. The molecule has 4 rings (SSSR count). The van der Waals surface area contributed by atoms with Crippen LogP contribution in [-0.2, 0) is 21.9 Å². The van der Waals surface area contributed by atoms with Crippen LogP contribution in [0.15, 0.2) is 40.7 Å². The Morgan fingerprint density at radius 2 is 2.00 bits per heavy atom. The Kier molecular flexibility index (Phi) is 4.84. The maximum atomic E-state index is 12.9. The molecule has 1 N–H and O–H groups in total. The molecule has 1 aromatic heterocycles. The number of hydrogen-bond acceptors (Lipinski definition) is 6. The smallest absolute Gasteiger partial charge is 0.256 e. The molecule has 10 heteroatoms. The van der Waals surface area contributed by atoms with Crippen molar-refractivity contribution in [1.29, 1.82) is 0 Å². The van der Waals surface area contributed by atoms with Gasteiger partial charge >= 0.3 is 0 Å². The Labute approximate surface area is 163 Å². The van der Waals surface area contributed by atoms with Gasteiger partial charge in [-0.2, -0.15) is 0 Å². The van der Waals surface area contributed by atoms with Gasteiger partial charge in [0.2, 0.25) is 0 Å². The SMILES string of the molecule is Cn1ccnc1C(O)C1CCN(C(=O)C2=CN3CCS(=O)(=O)N=C3C=C2)CC1. The van der Waals surface area contributed by atoms with Gasteiger partial charge in [-0.05, 0) is 30.9 Å². The Bertz CT molecular complexity index is 970. The summed E-state index contributed by atoms with van der Waals surface area (Å²) in [4.78, 5) is 20.6. The van der Waals surface area contributed by atoms with Crippen LogP contribution in [0.3, 0.4) is 0 Å². The maximum Gasteiger partial charge on any atom is 0.256 e. The van der Waals surface area contributed by atoms with E-state index in [-0.39, 0.29) is 17.6 Å². The number of carbonyl (C=O) groups is 1. The van der Waals surface area contributed by atoms with Gasteiger partial charge in [0.05, 0.1) is 11.3 Å².